The highest BCUT2D eigenvalue weighted by atomic mass is 16.1. The van der Waals surface area contributed by atoms with Crippen molar-refractivity contribution in [1.82, 2.24) is 4.98 Å². The van der Waals surface area contributed by atoms with E-state index in [0.717, 1.165) is 30.2 Å². The van der Waals surface area contributed by atoms with Crippen LogP contribution in [0.5, 0.6) is 0 Å². The summed E-state index contributed by atoms with van der Waals surface area (Å²) in [5.41, 5.74) is 4.59. The molecule has 0 unspecified atom stereocenters. The summed E-state index contributed by atoms with van der Waals surface area (Å²) in [6.07, 6.45) is 5.76. The first-order chi connectivity index (χ1) is 13.3. The van der Waals surface area contributed by atoms with Gasteiger partial charge < -0.3 is 15.5 Å². The van der Waals surface area contributed by atoms with E-state index >= 15 is 0 Å². The predicted octanol–water partition coefficient (Wildman–Crippen LogP) is 4.68. The first-order valence-electron chi connectivity index (χ1n) is 9.21. The van der Waals surface area contributed by atoms with Crippen molar-refractivity contribution < 1.29 is 4.79 Å². The molecule has 4 rings (SSSR count). The Bertz CT molecular complexity index is 886. The van der Waals surface area contributed by atoms with Crippen molar-refractivity contribution in [3.63, 3.8) is 0 Å². The van der Waals surface area contributed by atoms with Gasteiger partial charge in [0.05, 0.1) is 5.56 Å². The van der Waals surface area contributed by atoms with Gasteiger partial charge in [0.1, 0.15) is 0 Å². The monoisotopic (exact) mass is 358 g/mol. The summed E-state index contributed by atoms with van der Waals surface area (Å²) in [5.74, 6) is -0.165. The first kappa shape index (κ1) is 17.1. The standard InChI is InChI=1S/C22H22N4O/c27-22(17-4-3-13-23-16-17)25-20-7-5-18(6-8-20)24-19-9-11-21(12-10-19)26-14-1-2-15-26/h3-13,16,24H,1-2,14-15H2,(H,25,27). The SMILES string of the molecule is O=C(Nc1ccc(Nc2ccc(N3CCCC3)cc2)cc1)c1cccnc1. The molecule has 1 amide bonds. The molecule has 0 aliphatic carbocycles. The van der Waals surface area contributed by atoms with Crippen LogP contribution in [-0.4, -0.2) is 24.0 Å². The van der Waals surface area contributed by atoms with Gasteiger partial charge in [-0.2, -0.15) is 0 Å². The Balaban J connectivity index is 1.37. The molecule has 1 aliphatic rings. The van der Waals surface area contributed by atoms with Gasteiger partial charge in [-0.05, 0) is 73.5 Å². The number of benzene rings is 2. The lowest BCUT2D eigenvalue weighted by Gasteiger charge is -2.18. The Labute approximate surface area is 159 Å². The largest absolute Gasteiger partial charge is 0.372 e. The third-order valence-electron chi connectivity index (χ3n) is 4.69. The average Bonchev–Trinajstić information content (AvgIpc) is 3.26. The van der Waals surface area contributed by atoms with Crippen LogP contribution in [0.15, 0.2) is 73.1 Å². The Morgan fingerprint density at radius 2 is 1.48 bits per heavy atom. The Kier molecular flexibility index (Phi) is 5.01. The van der Waals surface area contributed by atoms with E-state index in [1.54, 1.807) is 24.5 Å². The van der Waals surface area contributed by atoms with Crippen molar-refractivity contribution in [3.8, 4) is 0 Å². The van der Waals surface area contributed by atoms with Crippen LogP contribution in [0, 0.1) is 0 Å². The molecule has 1 aliphatic heterocycles. The van der Waals surface area contributed by atoms with E-state index < -0.39 is 0 Å². The number of hydrogen-bond donors (Lipinski definition) is 2. The van der Waals surface area contributed by atoms with Crippen LogP contribution >= 0.6 is 0 Å². The number of amides is 1. The van der Waals surface area contributed by atoms with Crippen molar-refractivity contribution in [2.45, 2.75) is 12.8 Å². The second kappa shape index (κ2) is 7.91. The number of nitrogens with one attached hydrogen (secondary N) is 2. The van der Waals surface area contributed by atoms with Gasteiger partial charge in [-0.25, -0.2) is 0 Å². The molecule has 2 N–H and O–H groups in total. The highest BCUT2D eigenvalue weighted by molar-refractivity contribution is 6.04. The minimum atomic E-state index is -0.165. The Morgan fingerprint density at radius 3 is 2.11 bits per heavy atom. The summed E-state index contributed by atoms with van der Waals surface area (Å²) < 4.78 is 0. The fraction of sp³-hybridized carbons (Fsp3) is 0.182. The van der Waals surface area contributed by atoms with Gasteiger partial charge in [0.25, 0.3) is 5.91 Å². The fourth-order valence-corrected chi connectivity index (χ4v) is 3.23. The molecule has 5 heteroatoms. The van der Waals surface area contributed by atoms with Crippen LogP contribution < -0.4 is 15.5 Å². The quantitative estimate of drug-likeness (QED) is 0.695. The summed E-state index contributed by atoms with van der Waals surface area (Å²) >= 11 is 0. The van der Waals surface area contributed by atoms with Crippen LogP contribution in [0.1, 0.15) is 23.2 Å². The zero-order valence-electron chi connectivity index (χ0n) is 15.1. The number of nitrogens with zero attached hydrogens (tertiary/aromatic N) is 2. The lowest BCUT2D eigenvalue weighted by atomic mass is 10.2. The van der Waals surface area contributed by atoms with Gasteiger partial charge in [-0.3, -0.25) is 9.78 Å². The average molecular weight is 358 g/mol. The molecule has 2 aromatic carbocycles. The molecule has 1 saturated heterocycles. The first-order valence-corrected chi connectivity index (χ1v) is 9.21. The van der Waals surface area contributed by atoms with Gasteiger partial charge in [0.15, 0.2) is 0 Å². The third kappa shape index (κ3) is 4.26. The number of carbonyl (C=O) groups excluding carboxylic acids is 1. The Hall–Kier alpha value is -3.34. The molecule has 5 nitrogen and oxygen atoms in total. The van der Waals surface area contributed by atoms with Crippen molar-refractivity contribution in [2.75, 3.05) is 28.6 Å². The number of pyridine rings is 1. The second-order valence-corrected chi connectivity index (χ2v) is 6.64. The minimum Gasteiger partial charge on any atom is -0.372 e. The highest BCUT2D eigenvalue weighted by Crippen LogP contribution is 2.24. The van der Waals surface area contributed by atoms with Gasteiger partial charge >= 0.3 is 0 Å². The van der Waals surface area contributed by atoms with Crippen molar-refractivity contribution in [3.05, 3.63) is 78.6 Å². The summed E-state index contributed by atoms with van der Waals surface area (Å²) in [5, 5.41) is 6.27. The predicted molar refractivity (Wildman–Crippen MR) is 110 cm³/mol. The smallest absolute Gasteiger partial charge is 0.257 e. The Morgan fingerprint density at radius 1 is 0.852 bits per heavy atom. The second-order valence-electron chi connectivity index (χ2n) is 6.64. The summed E-state index contributed by atoms with van der Waals surface area (Å²) in [6, 6.07) is 19.7. The fourth-order valence-electron chi connectivity index (χ4n) is 3.23. The normalized spacial score (nSPS) is 13.4. The number of hydrogen-bond acceptors (Lipinski definition) is 4. The molecule has 3 aromatic rings. The van der Waals surface area contributed by atoms with Crippen LogP contribution in [0.4, 0.5) is 22.7 Å². The van der Waals surface area contributed by atoms with E-state index in [1.165, 1.54) is 18.5 Å². The van der Waals surface area contributed by atoms with E-state index in [2.05, 4.69) is 44.8 Å². The van der Waals surface area contributed by atoms with Crippen molar-refractivity contribution in [2.24, 2.45) is 0 Å². The van der Waals surface area contributed by atoms with Crippen LogP contribution in [-0.2, 0) is 0 Å². The molecule has 1 aromatic heterocycles. The molecule has 1 fully saturated rings. The minimum absolute atomic E-state index is 0.165. The molecule has 136 valence electrons. The van der Waals surface area contributed by atoms with Gasteiger partial charge in [-0.15, -0.1) is 0 Å². The molecule has 0 saturated carbocycles. The molecule has 0 spiro atoms. The molecule has 0 radical (unpaired) electrons. The van der Waals surface area contributed by atoms with Gasteiger partial charge in [-0.1, -0.05) is 0 Å². The maximum absolute atomic E-state index is 12.2. The summed E-state index contributed by atoms with van der Waals surface area (Å²) in [4.78, 5) is 18.5. The maximum atomic E-state index is 12.2. The molecule has 0 bridgehead atoms. The lowest BCUT2D eigenvalue weighted by molar-refractivity contribution is 0.102. The zero-order chi connectivity index (χ0) is 18.5. The third-order valence-corrected chi connectivity index (χ3v) is 4.69. The van der Waals surface area contributed by atoms with Crippen molar-refractivity contribution >= 4 is 28.7 Å². The van der Waals surface area contributed by atoms with Gasteiger partial charge in [0, 0.05) is 48.2 Å². The molecule has 2 heterocycles. The van der Waals surface area contributed by atoms with Crippen molar-refractivity contribution in [1.29, 1.82) is 0 Å². The van der Waals surface area contributed by atoms with Crippen LogP contribution in [0.3, 0.4) is 0 Å². The van der Waals surface area contributed by atoms with E-state index in [4.69, 9.17) is 0 Å². The highest BCUT2D eigenvalue weighted by Gasteiger charge is 2.11. The number of aromatic nitrogens is 1. The zero-order valence-corrected chi connectivity index (χ0v) is 15.1. The molecule has 0 atom stereocenters. The topological polar surface area (TPSA) is 57.3 Å². The summed E-state index contributed by atoms with van der Waals surface area (Å²) in [7, 11) is 0. The van der Waals surface area contributed by atoms with Crippen LogP contribution in [0.2, 0.25) is 0 Å². The summed E-state index contributed by atoms with van der Waals surface area (Å²) in [6.45, 7) is 2.30. The molecular formula is C22H22N4O. The van der Waals surface area contributed by atoms with E-state index in [9.17, 15) is 4.79 Å². The molecule has 27 heavy (non-hydrogen) atoms. The number of rotatable bonds is 5. The van der Waals surface area contributed by atoms with E-state index in [0.29, 0.717) is 5.56 Å². The van der Waals surface area contributed by atoms with E-state index in [-0.39, 0.29) is 5.91 Å². The van der Waals surface area contributed by atoms with E-state index in [1.807, 2.05) is 24.3 Å². The number of anilines is 4. The maximum Gasteiger partial charge on any atom is 0.257 e. The molecular weight excluding hydrogens is 336 g/mol. The lowest BCUT2D eigenvalue weighted by Crippen LogP contribution is -2.17. The van der Waals surface area contributed by atoms with Crippen LogP contribution in [0.25, 0.3) is 0 Å². The van der Waals surface area contributed by atoms with Gasteiger partial charge in [0.2, 0.25) is 0 Å². The number of carbonyl (C=O) groups is 1.